The van der Waals surface area contributed by atoms with Gasteiger partial charge in [0.1, 0.15) is 0 Å². The molecule has 192 valence electrons. The average Bonchev–Trinajstić information content (AvgIpc) is 3.34. The van der Waals surface area contributed by atoms with E-state index in [9.17, 15) is 4.79 Å². The Bertz CT molecular complexity index is 1350. The number of nitrogens with zero attached hydrogens (tertiary/aromatic N) is 5. The number of morpholine rings is 1. The molecule has 3 aliphatic rings. The minimum atomic E-state index is 0.0158. The molecule has 1 N–H and O–H groups in total. The van der Waals surface area contributed by atoms with E-state index in [2.05, 4.69) is 65.0 Å². The standard InChI is InChI=1S/C28H32N6O2S/c1-3-25(35)33-11-9-32(10-12-33)18-20-17-24-26(37-20)28(34-13-15-36-16-14-34)31-27(30-24)22-5-4-6-23-21(22)8-7-19(2)29-23/h3-8,17,19,29H,1,9-16,18H2,2H3. The lowest BCUT2D eigenvalue weighted by Gasteiger charge is -2.33. The predicted molar refractivity (Wildman–Crippen MR) is 150 cm³/mol. The number of thiophene rings is 1. The molecule has 0 aliphatic carbocycles. The first-order valence-electron chi connectivity index (χ1n) is 12.9. The van der Waals surface area contributed by atoms with Gasteiger partial charge in [-0.3, -0.25) is 9.69 Å². The highest BCUT2D eigenvalue weighted by molar-refractivity contribution is 7.19. The van der Waals surface area contributed by atoms with Gasteiger partial charge in [-0.25, -0.2) is 9.97 Å². The number of rotatable bonds is 5. The van der Waals surface area contributed by atoms with Crippen LogP contribution in [0.3, 0.4) is 0 Å². The highest BCUT2D eigenvalue weighted by atomic mass is 32.1. The first kappa shape index (κ1) is 24.1. The highest BCUT2D eigenvalue weighted by Gasteiger charge is 2.24. The van der Waals surface area contributed by atoms with Crippen LogP contribution in [0.15, 0.2) is 43.0 Å². The number of carbonyl (C=O) groups is 1. The normalized spacial score (nSPS) is 20.1. The molecule has 2 aromatic heterocycles. The number of ether oxygens (including phenoxy) is 1. The Kier molecular flexibility index (Phi) is 6.67. The van der Waals surface area contributed by atoms with Crippen molar-refractivity contribution in [3.8, 4) is 11.4 Å². The summed E-state index contributed by atoms with van der Waals surface area (Å²) in [5, 5.41) is 3.55. The molecular formula is C28H32N6O2S. The number of nitrogens with one attached hydrogen (secondary N) is 1. The van der Waals surface area contributed by atoms with Crippen molar-refractivity contribution < 1.29 is 9.53 Å². The Balaban J connectivity index is 1.34. The summed E-state index contributed by atoms with van der Waals surface area (Å²) in [6.45, 7) is 12.9. The number of amides is 1. The molecule has 0 bridgehead atoms. The summed E-state index contributed by atoms with van der Waals surface area (Å²) in [4.78, 5) is 30.1. The summed E-state index contributed by atoms with van der Waals surface area (Å²) in [6.07, 6.45) is 5.77. The third-order valence-electron chi connectivity index (χ3n) is 7.24. The van der Waals surface area contributed by atoms with E-state index in [1.54, 1.807) is 11.3 Å². The van der Waals surface area contributed by atoms with Gasteiger partial charge in [0.25, 0.3) is 0 Å². The van der Waals surface area contributed by atoms with Crippen LogP contribution in [0.4, 0.5) is 11.5 Å². The highest BCUT2D eigenvalue weighted by Crippen LogP contribution is 2.37. The predicted octanol–water partition coefficient (Wildman–Crippen LogP) is 3.85. The fraction of sp³-hybridized carbons (Fsp3) is 0.393. The number of aromatic nitrogens is 2. The fourth-order valence-corrected chi connectivity index (χ4v) is 6.38. The largest absolute Gasteiger partial charge is 0.379 e. The van der Waals surface area contributed by atoms with Gasteiger partial charge in [-0.1, -0.05) is 30.9 Å². The van der Waals surface area contributed by atoms with Gasteiger partial charge < -0.3 is 19.9 Å². The maximum atomic E-state index is 11.9. The van der Waals surface area contributed by atoms with Crippen molar-refractivity contribution in [3.05, 3.63) is 53.4 Å². The van der Waals surface area contributed by atoms with Crippen molar-refractivity contribution in [2.45, 2.75) is 19.5 Å². The van der Waals surface area contributed by atoms with Gasteiger partial charge in [-0.2, -0.15) is 0 Å². The lowest BCUT2D eigenvalue weighted by molar-refractivity contribution is -0.127. The molecule has 1 unspecified atom stereocenters. The quantitative estimate of drug-likeness (QED) is 0.517. The molecule has 3 aromatic rings. The molecule has 1 amide bonds. The molecule has 0 spiro atoms. The molecule has 1 aromatic carbocycles. The lowest BCUT2D eigenvalue weighted by Crippen LogP contribution is -2.47. The minimum Gasteiger partial charge on any atom is -0.379 e. The Hall–Kier alpha value is -3.27. The molecule has 2 fully saturated rings. The second-order valence-electron chi connectivity index (χ2n) is 9.76. The molecule has 5 heterocycles. The summed E-state index contributed by atoms with van der Waals surface area (Å²) < 4.78 is 6.76. The monoisotopic (exact) mass is 516 g/mol. The number of anilines is 2. The molecule has 1 atom stereocenters. The van der Waals surface area contributed by atoms with Crippen LogP contribution in [0.2, 0.25) is 0 Å². The molecule has 0 saturated carbocycles. The average molecular weight is 517 g/mol. The summed E-state index contributed by atoms with van der Waals surface area (Å²) >= 11 is 1.78. The number of carbonyl (C=O) groups excluding carboxylic acids is 1. The summed E-state index contributed by atoms with van der Waals surface area (Å²) in [5.41, 5.74) is 4.28. The molecule has 8 nitrogen and oxygen atoms in total. The SMILES string of the molecule is C=CC(=O)N1CCN(Cc2cc3nc(-c4cccc5c4C=CC(C)N5)nc(N4CCOCC4)c3s2)CC1. The van der Waals surface area contributed by atoms with E-state index in [0.717, 1.165) is 84.5 Å². The maximum Gasteiger partial charge on any atom is 0.246 e. The van der Waals surface area contributed by atoms with Crippen molar-refractivity contribution in [1.29, 1.82) is 0 Å². The number of benzene rings is 1. The van der Waals surface area contributed by atoms with Gasteiger partial charge in [0.2, 0.25) is 5.91 Å². The zero-order chi connectivity index (χ0) is 25.4. The third-order valence-corrected chi connectivity index (χ3v) is 8.34. The molecule has 3 aliphatic heterocycles. The topological polar surface area (TPSA) is 73.8 Å². The summed E-state index contributed by atoms with van der Waals surface area (Å²) in [6, 6.07) is 8.83. The first-order chi connectivity index (χ1) is 18.1. The van der Waals surface area contributed by atoms with Crippen LogP contribution >= 0.6 is 11.3 Å². The molecule has 37 heavy (non-hydrogen) atoms. The van der Waals surface area contributed by atoms with Gasteiger partial charge in [-0.15, -0.1) is 11.3 Å². The molecule has 9 heteroatoms. The van der Waals surface area contributed by atoms with Crippen LogP contribution in [0.25, 0.3) is 27.7 Å². The fourth-order valence-electron chi connectivity index (χ4n) is 5.23. The van der Waals surface area contributed by atoms with E-state index >= 15 is 0 Å². The van der Waals surface area contributed by atoms with Gasteiger partial charge >= 0.3 is 0 Å². The van der Waals surface area contributed by atoms with E-state index < -0.39 is 0 Å². The van der Waals surface area contributed by atoms with Gasteiger partial charge in [-0.05, 0) is 25.1 Å². The summed E-state index contributed by atoms with van der Waals surface area (Å²) in [7, 11) is 0. The summed E-state index contributed by atoms with van der Waals surface area (Å²) in [5.74, 6) is 1.77. The molecule has 2 saturated heterocycles. The van der Waals surface area contributed by atoms with E-state index in [1.165, 1.54) is 11.0 Å². The van der Waals surface area contributed by atoms with E-state index in [0.29, 0.717) is 19.3 Å². The zero-order valence-corrected chi connectivity index (χ0v) is 22.0. The molecule has 0 radical (unpaired) electrons. The Labute approximate surface area is 221 Å². The number of piperazine rings is 1. The Morgan fingerprint density at radius 1 is 1.19 bits per heavy atom. The van der Waals surface area contributed by atoms with Gasteiger partial charge in [0.15, 0.2) is 11.6 Å². The Morgan fingerprint density at radius 3 is 2.78 bits per heavy atom. The van der Waals surface area contributed by atoms with E-state index in [-0.39, 0.29) is 5.91 Å². The van der Waals surface area contributed by atoms with Gasteiger partial charge in [0, 0.05) is 73.5 Å². The molecular weight excluding hydrogens is 484 g/mol. The van der Waals surface area contributed by atoms with E-state index in [4.69, 9.17) is 14.7 Å². The lowest BCUT2D eigenvalue weighted by atomic mass is 10.00. The van der Waals surface area contributed by atoms with Crippen molar-refractivity contribution in [3.63, 3.8) is 0 Å². The maximum absolute atomic E-state index is 11.9. The van der Waals surface area contributed by atoms with Crippen molar-refractivity contribution in [1.82, 2.24) is 19.8 Å². The van der Waals surface area contributed by atoms with Crippen LogP contribution in [0, 0.1) is 0 Å². The van der Waals surface area contributed by atoms with Crippen LogP contribution in [0.5, 0.6) is 0 Å². The molecule has 6 rings (SSSR count). The number of hydrogen-bond acceptors (Lipinski definition) is 8. The van der Waals surface area contributed by atoms with Crippen LogP contribution in [-0.4, -0.2) is 84.2 Å². The smallest absolute Gasteiger partial charge is 0.246 e. The van der Waals surface area contributed by atoms with Crippen molar-refractivity contribution in [2.24, 2.45) is 0 Å². The Morgan fingerprint density at radius 2 is 2.00 bits per heavy atom. The van der Waals surface area contributed by atoms with Crippen LogP contribution in [-0.2, 0) is 16.1 Å². The second kappa shape index (κ2) is 10.2. The minimum absolute atomic E-state index is 0.0158. The number of hydrogen-bond donors (Lipinski definition) is 1. The third kappa shape index (κ3) is 4.86. The van der Waals surface area contributed by atoms with Gasteiger partial charge in [0.05, 0.1) is 23.4 Å². The van der Waals surface area contributed by atoms with Crippen LogP contribution in [0.1, 0.15) is 17.4 Å². The first-order valence-corrected chi connectivity index (χ1v) is 13.8. The van der Waals surface area contributed by atoms with Crippen LogP contribution < -0.4 is 10.2 Å². The van der Waals surface area contributed by atoms with Crippen molar-refractivity contribution >= 4 is 45.0 Å². The van der Waals surface area contributed by atoms with E-state index in [1.807, 2.05) is 4.90 Å². The van der Waals surface area contributed by atoms with Crippen molar-refractivity contribution in [2.75, 3.05) is 62.7 Å². The number of fused-ring (bicyclic) bond motifs is 2. The second-order valence-corrected chi connectivity index (χ2v) is 10.9. The zero-order valence-electron chi connectivity index (χ0n) is 21.2.